The minimum atomic E-state index is -0.921. The minimum absolute atomic E-state index is 0.164. The van der Waals surface area contributed by atoms with E-state index in [1.54, 1.807) is 18.5 Å². The molecule has 0 unspecified atom stereocenters. The predicted molar refractivity (Wildman–Crippen MR) is 85.9 cm³/mol. The Bertz CT molecular complexity index is 782. The van der Waals surface area contributed by atoms with E-state index in [0.717, 1.165) is 10.4 Å². The van der Waals surface area contributed by atoms with Gasteiger partial charge in [-0.25, -0.2) is 0 Å². The summed E-state index contributed by atoms with van der Waals surface area (Å²) in [5.41, 5.74) is 1.60. The number of aliphatic hydroxyl groups is 1. The van der Waals surface area contributed by atoms with E-state index in [0.29, 0.717) is 12.2 Å². The maximum absolute atomic E-state index is 12.6. The summed E-state index contributed by atoms with van der Waals surface area (Å²) in [7, 11) is 0. The first-order valence-electron chi connectivity index (χ1n) is 7.05. The van der Waals surface area contributed by atoms with Gasteiger partial charge in [-0.3, -0.25) is 9.78 Å². The molecule has 0 spiro atoms. The maximum atomic E-state index is 12.6. The highest BCUT2D eigenvalue weighted by Crippen LogP contribution is 2.31. The van der Waals surface area contributed by atoms with Crippen LogP contribution in [0.1, 0.15) is 34.7 Å². The number of pyridine rings is 1. The van der Waals surface area contributed by atoms with Gasteiger partial charge >= 0.3 is 0 Å². The Kier molecular flexibility index (Phi) is 4.50. The highest BCUT2D eigenvalue weighted by Gasteiger charge is 2.26. The van der Waals surface area contributed by atoms with E-state index >= 15 is 0 Å². The third-order valence-electron chi connectivity index (χ3n) is 3.26. The van der Waals surface area contributed by atoms with Crippen LogP contribution >= 0.6 is 11.3 Å². The molecule has 0 aliphatic heterocycles. The second-order valence-electron chi connectivity index (χ2n) is 4.97. The summed E-state index contributed by atoms with van der Waals surface area (Å²) in [6.45, 7) is 1.87. The molecule has 0 aromatic carbocycles. The second-order valence-corrected chi connectivity index (χ2v) is 5.92. The van der Waals surface area contributed by atoms with E-state index in [1.165, 1.54) is 18.3 Å². The Morgan fingerprint density at radius 3 is 2.96 bits per heavy atom. The fourth-order valence-corrected chi connectivity index (χ4v) is 2.87. The molecule has 0 saturated heterocycles. The standard InChI is InChI=1S/C16H15N3O3S/c1-10(20)15-13(14(19-22-15)12-5-3-7-23-12)16(21)18-9-11-4-2-6-17-8-11/h2-8,10,20H,9H2,1H3,(H,18,21)/t10-/m0/s1. The van der Waals surface area contributed by atoms with Crippen LogP contribution < -0.4 is 5.32 Å². The molecule has 6 nitrogen and oxygen atoms in total. The van der Waals surface area contributed by atoms with Gasteiger partial charge in [-0.1, -0.05) is 17.3 Å². The van der Waals surface area contributed by atoms with Crippen molar-refractivity contribution < 1.29 is 14.4 Å². The van der Waals surface area contributed by atoms with Crippen molar-refractivity contribution in [2.45, 2.75) is 19.6 Å². The zero-order valence-electron chi connectivity index (χ0n) is 12.4. The number of amides is 1. The molecule has 0 saturated carbocycles. The monoisotopic (exact) mass is 329 g/mol. The van der Waals surface area contributed by atoms with Gasteiger partial charge in [0.05, 0.1) is 4.88 Å². The van der Waals surface area contributed by atoms with Crippen LogP contribution in [-0.2, 0) is 6.54 Å². The molecule has 0 fully saturated rings. The summed E-state index contributed by atoms with van der Waals surface area (Å²) in [4.78, 5) is 17.4. The summed E-state index contributed by atoms with van der Waals surface area (Å²) in [5.74, 6) is -0.175. The molecular formula is C16H15N3O3S. The Balaban J connectivity index is 1.88. The average Bonchev–Trinajstić information content (AvgIpc) is 3.22. The van der Waals surface area contributed by atoms with Gasteiger partial charge in [0.25, 0.3) is 5.91 Å². The third kappa shape index (κ3) is 3.30. The maximum Gasteiger partial charge on any atom is 0.257 e. The molecule has 118 valence electrons. The van der Waals surface area contributed by atoms with Gasteiger partial charge in [0.2, 0.25) is 0 Å². The van der Waals surface area contributed by atoms with Gasteiger partial charge in [-0.15, -0.1) is 11.3 Å². The lowest BCUT2D eigenvalue weighted by Crippen LogP contribution is -2.24. The Hall–Kier alpha value is -2.51. The van der Waals surface area contributed by atoms with E-state index in [2.05, 4.69) is 15.5 Å². The fraction of sp³-hybridized carbons (Fsp3) is 0.188. The molecule has 0 bridgehead atoms. The van der Waals surface area contributed by atoms with E-state index < -0.39 is 6.10 Å². The number of hydrogen-bond donors (Lipinski definition) is 2. The molecule has 3 heterocycles. The van der Waals surface area contributed by atoms with Gasteiger partial charge in [0.15, 0.2) is 5.76 Å². The first kappa shape index (κ1) is 15.4. The van der Waals surface area contributed by atoms with E-state index in [1.807, 2.05) is 23.6 Å². The number of rotatable bonds is 5. The average molecular weight is 329 g/mol. The normalized spacial score (nSPS) is 12.1. The van der Waals surface area contributed by atoms with Gasteiger partial charge in [0.1, 0.15) is 17.4 Å². The number of aliphatic hydroxyl groups excluding tert-OH is 1. The lowest BCUT2D eigenvalue weighted by atomic mass is 10.1. The summed E-state index contributed by atoms with van der Waals surface area (Å²) < 4.78 is 5.19. The topological polar surface area (TPSA) is 88.2 Å². The molecule has 3 aromatic heterocycles. The second kappa shape index (κ2) is 6.72. The summed E-state index contributed by atoms with van der Waals surface area (Å²) >= 11 is 1.45. The lowest BCUT2D eigenvalue weighted by Gasteiger charge is -2.07. The van der Waals surface area contributed by atoms with Crippen molar-refractivity contribution in [1.82, 2.24) is 15.5 Å². The van der Waals surface area contributed by atoms with Gasteiger partial charge in [0, 0.05) is 18.9 Å². The van der Waals surface area contributed by atoms with Crippen molar-refractivity contribution in [3.05, 3.63) is 58.9 Å². The van der Waals surface area contributed by atoms with E-state index in [9.17, 15) is 9.90 Å². The first-order valence-corrected chi connectivity index (χ1v) is 7.93. The molecule has 3 aromatic rings. The Morgan fingerprint density at radius 1 is 1.43 bits per heavy atom. The smallest absolute Gasteiger partial charge is 0.257 e. The van der Waals surface area contributed by atoms with Crippen LogP contribution in [0.3, 0.4) is 0 Å². The van der Waals surface area contributed by atoms with Crippen LogP contribution in [0, 0.1) is 0 Å². The van der Waals surface area contributed by atoms with Crippen LogP contribution in [0.15, 0.2) is 46.6 Å². The largest absolute Gasteiger partial charge is 0.385 e. The Labute approximate surface area is 136 Å². The van der Waals surface area contributed by atoms with Crippen molar-refractivity contribution in [2.75, 3.05) is 0 Å². The number of thiophene rings is 1. The first-order chi connectivity index (χ1) is 11.2. The molecule has 1 amide bonds. The van der Waals surface area contributed by atoms with Crippen molar-refractivity contribution >= 4 is 17.2 Å². The molecule has 23 heavy (non-hydrogen) atoms. The number of nitrogens with zero attached hydrogens (tertiary/aromatic N) is 2. The van der Waals surface area contributed by atoms with Crippen LogP contribution in [0.25, 0.3) is 10.6 Å². The van der Waals surface area contributed by atoms with E-state index in [4.69, 9.17) is 4.52 Å². The SMILES string of the molecule is C[C@H](O)c1onc(-c2cccs2)c1C(=O)NCc1cccnc1. The fourth-order valence-electron chi connectivity index (χ4n) is 2.16. The molecule has 0 aliphatic rings. The van der Waals surface area contributed by atoms with Crippen LogP contribution in [0.2, 0.25) is 0 Å². The van der Waals surface area contributed by atoms with Gasteiger partial charge < -0.3 is 14.9 Å². The van der Waals surface area contributed by atoms with Gasteiger partial charge in [-0.05, 0) is 30.0 Å². The highest BCUT2D eigenvalue weighted by atomic mass is 32.1. The highest BCUT2D eigenvalue weighted by molar-refractivity contribution is 7.13. The van der Waals surface area contributed by atoms with Crippen LogP contribution in [0.4, 0.5) is 0 Å². The molecule has 2 N–H and O–H groups in total. The molecule has 0 aliphatic carbocycles. The van der Waals surface area contributed by atoms with Crippen molar-refractivity contribution in [2.24, 2.45) is 0 Å². The molecule has 7 heteroatoms. The number of carbonyl (C=O) groups excluding carboxylic acids is 1. The van der Waals surface area contributed by atoms with E-state index in [-0.39, 0.29) is 17.2 Å². The minimum Gasteiger partial charge on any atom is -0.385 e. The molecule has 3 rings (SSSR count). The Morgan fingerprint density at radius 2 is 2.30 bits per heavy atom. The van der Waals surface area contributed by atoms with Crippen molar-refractivity contribution in [3.63, 3.8) is 0 Å². The summed E-state index contributed by atoms with van der Waals surface area (Å²) in [6.07, 6.45) is 2.44. The third-order valence-corrected chi connectivity index (χ3v) is 4.13. The number of nitrogens with one attached hydrogen (secondary N) is 1. The predicted octanol–water partition coefficient (Wildman–Crippen LogP) is 2.78. The van der Waals surface area contributed by atoms with Crippen LogP contribution in [0.5, 0.6) is 0 Å². The quantitative estimate of drug-likeness (QED) is 0.751. The molecule has 1 atom stereocenters. The lowest BCUT2D eigenvalue weighted by molar-refractivity contribution is 0.0938. The molecular weight excluding hydrogens is 314 g/mol. The zero-order valence-corrected chi connectivity index (χ0v) is 13.2. The number of carbonyl (C=O) groups is 1. The number of aromatic nitrogens is 2. The zero-order chi connectivity index (χ0) is 16.2. The van der Waals surface area contributed by atoms with Crippen molar-refractivity contribution in [1.29, 1.82) is 0 Å². The van der Waals surface area contributed by atoms with Gasteiger partial charge in [-0.2, -0.15) is 0 Å². The summed E-state index contributed by atoms with van der Waals surface area (Å²) in [5, 5.41) is 18.5. The number of hydrogen-bond acceptors (Lipinski definition) is 6. The summed E-state index contributed by atoms with van der Waals surface area (Å²) in [6, 6.07) is 7.40. The van der Waals surface area contributed by atoms with Crippen molar-refractivity contribution in [3.8, 4) is 10.6 Å². The van der Waals surface area contributed by atoms with Crippen LogP contribution in [-0.4, -0.2) is 21.2 Å². The molecule has 0 radical (unpaired) electrons.